The highest BCUT2D eigenvalue weighted by molar-refractivity contribution is 6.04. The summed E-state index contributed by atoms with van der Waals surface area (Å²) in [5.74, 6) is 0.461. The monoisotopic (exact) mass is 426 g/mol. The third-order valence-corrected chi connectivity index (χ3v) is 6.32. The zero-order valence-corrected chi connectivity index (χ0v) is 17.9. The number of carbonyl (C=O) groups excluding carboxylic acids is 3. The van der Waals surface area contributed by atoms with Crippen LogP contribution in [0.3, 0.4) is 0 Å². The molecule has 2 aliphatic rings. The van der Waals surface area contributed by atoms with Crippen molar-refractivity contribution in [1.82, 2.24) is 20.5 Å². The van der Waals surface area contributed by atoms with Crippen LogP contribution in [0.2, 0.25) is 0 Å². The maximum absolute atomic E-state index is 12.7. The smallest absolute Gasteiger partial charge is 0.324 e. The van der Waals surface area contributed by atoms with Crippen molar-refractivity contribution in [3.05, 3.63) is 30.0 Å². The van der Waals surface area contributed by atoms with Crippen LogP contribution in [0.1, 0.15) is 50.5 Å². The van der Waals surface area contributed by atoms with Crippen LogP contribution in [0, 0.1) is 0 Å². The first-order valence-corrected chi connectivity index (χ1v) is 11.1. The number of ether oxygens (including phenoxy) is 1. The maximum atomic E-state index is 12.7. The van der Waals surface area contributed by atoms with Gasteiger partial charge in [0.25, 0.3) is 5.91 Å². The molecule has 1 atom stereocenters. The van der Waals surface area contributed by atoms with E-state index in [0.29, 0.717) is 19.4 Å². The van der Waals surface area contributed by atoms with Gasteiger partial charge in [-0.05, 0) is 49.4 Å². The summed E-state index contributed by atoms with van der Waals surface area (Å²) >= 11 is 0. The Kier molecular flexibility index (Phi) is 6.44. The molecule has 1 aromatic carbocycles. The molecule has 3 N–H and O–H groups in total. The molecule has 2 fully saturated rings. The number of H-pyrrole nitrogens is 1. The summed E-state index contributed by atoms with van der Waals surface area (Å²) in [6.45, 7) is 0.291. The molecule has 1 saturated carbocycles. The van der Waals surface area contributed by atoms with Crippen molar-refractivity contribution in [2.45, 2.75) is 63.5 Å². The number of carbonyl (C=O) groups is 3. The molecule has 2 heterocycles. The third kappa shape index (κ3) is 4.84. The molecule has 2 aromatic rings. The quantitative estimate of drug-likeness (QED) is 0.565. The van der Waals surface area contributed by atoms with Crippen LogP contribution >= 0.6 is 0 Å². The van der Waals surface area contributed by atoms with Crippen LogP contribution in [0.5, 0.6) is 5.75 Å². The fourth-order valence-electron chi connectivity index (χ4n) is 4.53. The van der Waals surface area contributed by atoms with Gasteiger partial charge in [-0.3, -0.25) is 14.5 Å². The number of hydrogen-bond acceptors (Lipinski definition) is 4. The largest absolute Gasteiger partial charge is 0.497 e. The molecule has 0 bridgehead atoms. The third-order valence-electron chi connectivity index (χ3n) is 6.32. The number of rotatable bonds is 8. The highest BCUT2D eigenvalue weighted by Gasteiger charge is 2.37. The van der Waals surface area contributed by atoms with Crippen molar-refractivity contribution >= 4 is 28.7 Å². The maximum Gasteiger partial charge on any atom is 0.324 e. The Morgan fingerprint density at radius 1 is 1.23 bits per heavy atom. The predicted octanol–water partition coefficient (Wildman–Crippen LogP) is 2.87. The first-order chi connectivity index (χ1) is 15.0. The van der Waals surface area contributed by atoms with E-state index in [-0.39, 0.29) is 30.3 Å². The van der Waals surface area contributed by atoms with E-state index in [4.69, 9.17) is 4.74 Å². The molecule has 1 saturated heterocycles. The number of nitrogens with one attached hydrogen (secondary N) is 3. The standard InChI is InChI=1S/C23H30N4O4/c1-31-17-7-8-19-18(13-17)15(14-24-19)11-12-27-22(29)20(26-23(27)30)9-10-21(28)25-16-5-3-2-4-6-16/h7-8,13-14,16,20,24H,2-6,9-12H2,1H3,(H,25,28)(H,26,30)/t20-/m1/s1. The second-order valence-electron chi connectivity index (χ2n) is 8.41. The lowest BCUT2D eigenvalue weighted by atomic mass is 9.95. The topological polar surface area (TPSA) is 104 Å². The minimum Gasteiger partial charge on any atom is -0.497 e. The van der Waals surface area contributed by atoms with Gasteiger partial charge >= 0.3 is 6.03 Å². The molecule has 4 rings (SSSR count). The van der Waals surface area contributed by atoms with E-state index in [1.165, 1.54) is 11.3 Å². The van der Waals surface area contributed by atoms with Gasteiger partial charge in [-0.25, -0.2) is 4.79 Å². The second kappa shape index (κ2) is 9.41. The summed E-state index contributed by atoms with van der Waals surface area (Å²) in [5, 5.41) is 6.80. The van der Waals surface area contributed by atoms with Gasteiger partial charge in [-0.15, -0.1) is 0 Å². The average Bonchev–Trinajstić information content (AvgIpc) is 3.31. The van der Waals surface area contributed by atoms with Crippen LogP contribution < -0.4 is 15.4 Å². The summed E-state index contributed by atoms with van der Waals surface area (Å²) in [5.41, 5.74) is 2.00. The highest BCUT2D eigenvalue weighted by atomic mass is 16.5. The summed E-state index contributed by atoms with van der Waals surface area (Å²) in [7, 11) is 1.62. The number of imide groups is 1. The fraction of sp³-hybridized carbons (Fsp3) is 0.522. The van der Waals surface area contributed by atoms with Gasteiger partial charge in [0, 0.05) is 36.1 Å². The van der Waals surface area contributed by atoms with Crippen LogP contribution in [-0.4, -0.2) is 53.5 Å². The van der Waals surface area contributed by atoms with E-state index >= 15 is 0 Å². The fourth-order valence-corrected chi connectivity index (χ4v) is 4.53. The second-order valence-corrected chi connectivity index (χ2v) is 8.41. The summed E-state index contributed by atoms with van der Waals surface area (Å²) < 4.78 is 5.29. The number of benzene rings is 1. The summed E-state index contributed by atoms with van der Waals surface area (Å²) in [6.07, 6.45) is 8.60. The van der Waals surface area contributed by atoms with Crippen molar-refractivity contribution in [2.75, 3.05) is 13.7 Å². The normalized spacial score (nSPS) is 19.6. The van der Waals surface area contributed by atoms with E-state index in [9.17, 15) is 14.4 Å². The van der Waals surface area contributed by atoms with Crippen molar-refractivity contribution < 1.29 is 19.1 Å². The zero-order chi connectivity index (χ0) is 21.8. The Morgan fingerprint density at radius 2 is 2.03 bits per heavy atom. The van der Waals surface area contributed by atoms with E-state index < -0.39 is 6.04 Å². The first kappa shape index (κ1) is 21.2. The number of methoxy groups -OCH3 is 1. The van der Waals surface area contributed by atoms with Gasteiger partial charge in [-0.1, -0.05) is 19.3 Å². The number of aromatic amines is 1. The Labute approximate surface area is 181 Å². The molecule has 8 heteroatoms. The minimum absolute atomic E-state index is 0.0415. The molecule has 31 heavy (non-hydrogen) atoms. The van der Waals surface area contributed by atoms with Gasteiger partial charge in [0.2, 0.25) is 5.91 Å². The van der Waals surface area contributed by atoms with Gasteiger partial charge in [-0.2, -0.15) is 0 Å². The average molecular weight is 427 g/mol. The van der Waals surface area contributed by atoms with E-state index in [0.717, 1.165) is 47.9 Å². The number of fused-ring (bicyclic) bond motifs is 1. The van der Waals surface area contributed by atoms with Crippen molar-refractivity contribution in [1.29, 1.82) is 0 Å². The van der Waals surface area contributed by atoms with Crippen molar-refractivity contribution in [2.24, 2.45) is 0 Å². The van der Waals surface area contributed by atoms with E-state index in [1.807, 2.05) is 24.4 Å². The highest BCUT2D eigenvalue weighted by Crippen LogP contribution is 2.24. The summed E-state index contributed by atoms with van der Waals surface area (Å²) in [6, 6.07) is 5.00. The summed E-state index contributed by atoms with van der Waals surface area (Å²) in [4.78, 5) is 41.8. The molecule has 166 valence electrons. The SMILES string of the molecule is COc1ccc2[nH]cc(CCN3C(=O)N[C@H](CCC(=O)NC4CCCCC4)C3=O)c2c1. The first-order valence-electron chi connectivity index (χ1n) is 11.1. The Balaban J connectivity index is 1.29. The molecule has 0 unspecified atom stereocenters. The zero-order valence-electron chi connectivity index (χ0n) is 17.9. The molecule has 4 amide bonds. The lowest BCUT2D eigenvalue weighted by Crippen LogP contribution is -2.38. The van der Waals surface area contributed by atoms with Crippen LogP contribution in [-0.2, 0) is 16.0 Å². The number of hydrogen-bond donors (Lipinski definition) is 3. The lowest BCUT2D eigenvalue weighted by Gasteiger charge is -2.22. The molecule has 1 aromatic heterocycles. The van der Waals surface area contributed by atoms with Crippen LogP contribution in [0.4, 0.5) is 4.79 Å². The lowest BCUT2D eigenvalue weighted by molar-refractivity contribution is -0.127. The molecular formula is C23H30N4O4. The van der Waals surface area contributed by atoms with Crippen molar-refractivity contribution in [3.8, 4) is 5.75 Å². The number of nitrogens with zero attached hydrogens (tertiary/aromatic N) is 1. The van der Waals surface area contributed by atoms with Crippen LogP contribution in [0.15, 0.2) is 24.4 Å². The molecule has 1 aliphatic heterocycles. The van der Waals surface area contributed by atoms with Crippen LogP contribution in [0.25, 0.3) is 10.9 Å². The Hall–Kier alpha value is -3.03. The van der Waals surface area contributed by atoms with E-state index in [2.05, 4.69) is 15.6 Å². The number of urea groups is 1. The molecule has 8 nitrogen and oxygen atoms in total. The number of aromatic nitrogens is 1. The molecule has 1 aliphatic carbocycles. The molecule has 0 radical (unpaired) electrons. The Morgan fingerprint density at radius 3 is 2.81 bits per heavy atom. The van der Waals surface area contributed by atoms with Gasteiger partial charge in [0.15, 0.2) is 0 Å². The Bertz CT molecular complexity index is 964. The number of amides is 4. The van der Waals surface area contributed by atoms with Crippen molar-refractivity contribution in [3.63, 3.8) is 0 Å². The van der Waals surface area contributed by atoms with Gasteiger partial charge < -0.3 is 20.4 Å². The molecule has 0 spiro atoms. The van der Waals surface area contributed by atoms with Gasteiger partial charge in [0.05, 0.1) is 7.11 Å². The van der Waals surface area contributed by atoms with E-state index in [1.54, 1.807) is 7.11 Å². The van der Waals surface area contributed by atoms with Gasteiger partial charge in [0.1, 0.15) is 11.8 Å². The molecular weight excluding hydrogens is 396 g/mol. The predicted molar refractivity (Wildman–Crippen MR) is 117 cm³/mol. The minimum atomic E-state index is -0.632.